The summed E-state index contributed by atoms with van der Waals surface area (Å²) in [5.41, 5.74) is 1.71. The summed E-state index contributed by atoms with van der Waals surface area (Å²) in [6, 6.07) is 10.7. The van der Waals surface area contributed by atoms with E-state index in [-0.39, 0.29) is 22.8 Å². The summed E-state index contributed by atoms with van der Waals surface area (Å²) in [5.74, 6) is -1.23. The van der Waals surface area contributed by atoms with Crippen molar-refractivity contribution >= 4 is 16.6 Å². The van der Waals surface area contributed by atoms with Gasteiger partial charge in [0.15, 0.2) is 0 Å². The Morgan fingerprint density at radius 3 is 2.37 bits per heavy atom. The van der Waals surface area contributed by atoms with Crippen LogP contribution in [0, 0.1) is 17.5 Å². The summed E-state index contributed by atoms with van der Waals surface area (Å²) >= 11 is 0. The van der Waals surface area contributed by atoms with Crippen molar-refractivity contribution in [3.05, 3.63) is 71.7 Å². The Bertz CT molecular complexity index is 935. The van der Waals surface area contributed by atoms with E-state index in [9.17, 15) is 13.2 Å². The lowest BCUT2D eigenvalue weighted by molar-refractivity contribution is 0.211. The number of hydrogen-bond acceptors (Lipinski definition) is 3. The highest BCUT2D eigenvalue weighted by atomic mass is 19.1. The number of rotatable bonds is 4. The predicted octanol–water partition coefficient (Wildman–Crippen LogP) is 4.73. The number of fused-ring (bicyclic) bond motifs is 1. The van der Waals surface area contributed by atoms with Gasteiger partial charge in [0.25, 0.3) is 0 Å². The van der Waals surface area contributed by atoms with Crippen LogP contribution in [0.25, 0.3) is 10.9 Å². The summed E-state index contributed by atoms with van der Waals surface area (Å²) in [4.78, 5) is 6.29. The molecule has 4 rings (SSSR count). The van der Waals surface area contributed by atoms with Crippen LogP contribution in [0.2, 0.25) is 0 Å². The number of likely N-dealkylation sites (tertiary alicyclic amines) is 1. The molecule has 0 spiro atoms. The molecular formula is C21H20F3N3. The summed E-state index contributed by atoms with van der Waals surface area (Å²) in [5, 5.41) is 3.56. The quantitative estimate of drug-likeness (QED) is 0.719. The van der Waals surface area contributed by atoms with Crippen molar-refractivity contribution < 1.29 is 13.2 Å². The van der Waals surface area contributed by atoms with Crippen molar-refractivity contribution in [2.24, 2.45) is 0 Å². The molecule has 0 amide bonds. The molecule has 1 aromatic heterocycles. The van der Waals surface area contributed by atoms with Gasteiger partial charge in [-0.1, -0.05) is 12.1 Å². The van der Waals surface area contributed by atoms with Crippen LogP contribution < -0.4 is 5.32 Å². The van der Waals surface area contributed by atoms with Crippen LogP contribution in [0.15, 0.2) is 48.7 Å². The number of piperidine rings is 1. The molecule has 3 nitrogen and oxygen atoms in total. The summed E-state index contributed by atoms with van der Waals surface area (Å²) in [6.07, 6.45) is 3.28. The monoisotopic (exact) mass is 371 g/mol. The lowest BCUT2D eigenvalue weighted by Crippen LogP contribution is -2.38. The smallest absolute Gasteiger partial charge is 0.149 e. The fourth-order valence-electron chi connectivity index (χ4n) is 3.62. The first-order valence-electron chi connectivity index (χ1n) is 9.06. The molecule has 6 heteroatoms. The number of pyridine rings is 1. The van der Waals surface area contributed by atoms with Gasteiger partial charge >= 0.3 is 0 Å². The summed E-state index contributed by atoms with van der Waals surface area (Å²) < 4.78 is 41.2. The normalized spacial score (nSPS) is 16.0. The average molecular weight is 371 g/mol. The zero-order valence-corrected chi connectivity index (χ0v) is 14.8. The van der Waals surface area contributed by atoms with Crippen LogP contribution in [0.4, 0.5) is 18.9 Å². The van der Waals surface area contributed by atoms with Gasteiger partial charge in [-0.15, -0.1) is 0 Å². The zero-order chi connectivity index (χ0) is 18.8. The molecule has 1 saturated heterocycles. The second-order valence-corrected chi connectivity index (χ2v) is 6.93. The number of anilines is 1. The highest BCUT2D eigenvalue weighted by molar-refractivity contribution is 5.92. The number of hydrogen-bond donors (Lipinski definition) is 1. The van der Waals surface area contributed by atoms with Gasteiger partial charge in [-0.3, -0.25) is 9.88 Å². The van der Waals surface area contributed by atoms with Gasteiger partial charge in [0.05, 0.1) is 5.39 Å². The second kappa shape index (κ2) is 7.56. The Morgan fingerprint density at radius 1 is 0.926 bits per heavy atom. The van der Waals surface area contributed by atoms with Crippen molar-refractivity contribution in [3.63, 3.8) is 0 Å². The van der Waals surface area contributed by atoms with Crippen LogP contribution in [0.5, 0.6) is 0 Å². The molecule has 1 aliphatic heterocycles. The SMILES string of the molecule is Fc1ccc(CN2CCC(Nc3ccnc4c(F)ccc(F)c34)CC2)cc1. The topological polar surface area (TPSA) is 28.2 Å². The summed E-state index contributed by atoms with van der Waals surface area (Å²) in [6.45, 7) is 2.55. The predicted molar refractivity (Wildman–Crippen MR) is 100.0 cm³/mol. The van der Waals surface area contributed by atoms with Gasteiger partial charge in [0.2, 0.25) is 0 Å². The van der Waals surface area contributed by atoms with Crippen LogP contribution >= 0.6 is 0 Å². The van der Waals surface area contributed by atoms with Gasteiger partial charge < -0.3 is 5.32 Å². The Kier molecular flexibility index (Phi) is 4.99. The molecule has 0 radical (unpaired) electrons. The number of halogens is 3. The fourth-order valence-corrected chi connectivity index (χ4v) is 3.62. The molecule has 1 aliphatic rings. The minimum Gasteiger partial charge on any atom is -0.382 e. The minimum absolute atomic E-state index is 0.0498. The molecule has 3 aromatic rings. The molecule has 1 N–H and O–H groups in total. The first kappa shape index (κ1) is 17.8. The lowest BCUT2D eigenvalue weighted by Gasteiger charge is -2.33. The Hall–Kier alpha value is -2.60. The second-order valence-electron chi connectivity index (χ2n) is 6.93. The van der Waals surface area contributed by atoms with Crippen molar-refractivity contribution in [2.45, 2.75) is 25.4 Å². The van der Waals surface area contributed by atoms with Crippen molar-refractivity contribution in [3.8, 4) is 0 Å². The standard InChI is InChI=1S/C21H20F3N3/c22-15-3-1-14(2-4-15)13-27-11-8-16(9-12-27)26-19-7-10-25-21-18(24)6-5-17(23)20(19)21/h1-7,10,16H,8-9,11-13H2,(H,25,26). The van der Waals surface area contributed by atoms with E-state index < -0.39 is 11.6 Å². The van der Waals surface area contributed by atoms with Crippen molar-refractivity contribution in [1.29, 1.82) is 0 Å². The van der Waals surface area contributed by atoms with E-state index in [1.165, 1.54) is 18.3 Å². The van der Waals surface area contributed by atoms with Crippen LogP contribution in [0.3, 0.4) is 0 Å². The average Bonchev–Trinajstić information content (AvgIpc) is 2.68. The van der Waals surface area contributed by atoms with Gasteiger partial charge in [-0.05, 0) is 48.7 Å². The van der Waals surface area contributed by atoms with Gasteiger partial charge in [0.1, 0.15) is 23.0 Å². The van der Waals surface area contributed by atoms with Crippen LogP contribution in [-0.2, 0) is 6.54 Å². The third kappa shape index (κ3) is 3.90. The maximum absolute atomic E-state index is 14.2. The molecule has 140 valence electrons. The first-order valence-corrected chi connectivity index (χ1v) is 9.06. The largest absolute Gasteiger partial charge is 0.382 e. The van der Waals surface area contributed by atoms with Crippen molar-refractivity contribution in [1.82, 2.24) is 9.88 Å². The van der Waals surface area contributed by atoms with Gasteiger partial charge in [0, 0.05) is 37.6 Å². The summed E-state index contributed by atoms with van der Waals surface area (Å²) in [7, 11) is 0. The van der Waals surface area contributed by atoms with E-state index in [2.05, 4.69) is 15.2 Å². The number of benzene rings is 2. The molecule has 0 aliphatic carbocycles. The van der Waals surface area contributed by atoms with Gasteiger partial charge in [-0.2, -0.15) is 0 Å². The van der Waals surface area contributed by atoms with Gasteiger partial charge in [-0.25, -0.2) is 13.2 Å². The van der Waals surface area contributed by atoms with E-state index in [0.29, 0.717) is 5.69 Å². The first-order chi connectivity index (χ1) is 13.1. The molecule has 0 unspecified atom stereocenters. The van der Waals surface area contributed by atoms with E-state index >= 15 is 0 Å². The molecule has 0 saturated carbocycles. The zero-order valence-electron chi connectivity index (χ0n) is 14.8. The Balaban J connectivity index is 1.42. The highest BCUT2D eigenvalue weighted by Crippen LogP contribution is 2.28. The third-order valence-electron chi connectivity index (χ3n) is 5.06. The molecule has 27 heavy (non-hydrogen) atoms. The molecule has 2 heterocycles. The maximum Gasteiger partial charge on any atom is 0.149 e. The number of nitrogens with zero attached hydrogens (tertiary/aromatic N) is 2. The minimum atomic E-state index is -0.524. The number of nitrogens with one attached hydrogen (secondary N) is 1. The van der Waals surface area contributed by atoms with E-state index in [1.807, 2.05) is 0 Å². The number of aromatic nitrogens is 1. The Morgan fingerprint density at radius 2 is 1.63 bits per heavy atom. The van der Waals surface area contributed by atoms with Crippen LogP contribution in [-0.4, -0.2) is 29.0 Å². The van der Waals surface area contributed by atoms with Crippen molar-refractivity contribution in [2.75, 3.05) is 18.4 Å². The van der Waals surface area contributed by atoms with E-state index in [4.69, 9.17) is 0 Å². The van der Waals surface area contributed by atoms with E-state index in [1.54, 1.807) is 18.2 Å². The third-order valence-corrected chi connectivity index (χ3v) is 5.06. The fraction of sp³-hybridized carbons (Fsp3) is 0.286. The molecular weight excluding hydrogens is 351 g/mol. The lowest BCUT2D eigenvalue weighted by atomic mass is 10.0. The molecule has 1 fully saturated rings. The molecule has 0 bridgehead atoms. The molecule has 0 atom stereocenters. The maximum atomic E-state index is 14.2. The molecule has 2 aromatic carbocycles. The Labute approximate surface area is 155 Å². The van der Waals surface area contributed by atoms with Crippen LogP contribution in [0.1, 0.15) is 18.4 Å². The van der Waals surface area contributed by atoms with E-state index in [0.717, 1.165) is 50.2 Å². The highest BCUT2D eigenvalue weighted by Gasteiger charge is 2.21.